The number of ether oxygens (including phenoxy) is 2. The van der Waals surface area contributed by atoms with Gasteiger partial charge >= 0.3 is 0 Å². The van der Waals surface area contributed by atoms with E-state index in [2.05, 4.69) is 5.32 Å². The summed E-state index contributed by atoms with van der Waals surface area (Å²) in [6.07, 6.45) is 1.62. The highest BCUT2D eigenvalue weighted by atomic mass is 32.1. The number of hydrogen-bond acceptors (Lipinski definition) is 5. The van der Waals surface area contributed by atoms with Gasteiger partial charge in [0.1, 0.15) is 11.5 Å². The zero-order valence-electron chi connectivity index (χ0n) is 15.6. The topological polar surface area (TPSA) is 67.9 Å². The molecule has 7 heteroatoms. The molecule has 0 saturated carbocycles. The van der Waals surface area contributed by atoms with Crippen LogP contribution in [0.1, 0.15) is 28.1 Å². The fourth-order valence-corrected chi connectivity index (χ4v) is 3.97. The van der Waals surface area contributed by atoms with Gasteiger partial charge in [0.2, 0.25) is 5.91 Å². The third kappa shape index (κ3) is 4.60. The Labute approximate surface area is 163 Å². The highest BCUT2D eigenvalue weighted by molar-refractivity contribution is 7.12. The van der Waals surface area contributed by atoms with Gasteiger partial charge in [0.15, 0.2) is 0 Å². The summed E-state index contributed by atoms with van der Waals surface area (Å²) in [5, 5.41) is 4.87. The van der Waals surface area contributed by atoms with Gasteiger partial charge < -0.3 is 19.7 Å². The predicted molar refractivity (Wildman–Crippen MR) is 104 cm³/mol. The number of methoxy groups -OCH3 is 2. The number of piperidine rings is 1. The van der Waals surface area contributed by atoms with Gasteiger partial charge in [-0.3, -0.25) is 9.59 Å². The summed E-state index contributed by atoms with van der Waals surface area (Å²) in [7, 11) is 3.20. The molecule has 1 saturated heterocycles. The number of carbonyl (C=O) groups is 2. The number of likely N-dealkylation sites (tertiary alicyclic amines) is 1. The Morgan fingerprint density at radius 3 is 2.81 bits per heavy atom. The summed E-state index contributed by atoms with van der Waals surface area (Å²) < 4.78 is 10.6. The van der Waals surface area contributed by atoms with E-state index < -0.39 is 0 Å². The molecule has 2 amide bonds. The number of amides is 2. The van der Waals surface area contributed by atoms with Gasteiger partial charge in [0.05, 0.1) is 25.0 Å². The summed E-state index contributed by atoms with van der Waals surface area (Å²) >= 11 is 1.43. The van der Waals surface area contributed by atoms with Crippen LogP contribution in [0.4, 0.5) is 0 Å². The Kier molecular flexibility index (Phi) is 6.34. The highest BCUT2D eigenvalue weighted by Crippen LogP contribution is 2.25. The van der Waals surface area contributed by atoms with E-state index in [9.17, 15) is 9.59 Å². The van der Waals surface area contributed by atoms with Gasteiger partial charge in [-0.25, -0.2) is 0 Å². The molecule has 2 aromatic rings. The molecule has 0 spiro atoms. The molecule has 0 aliphatic carbocycles. The standard InChI is InChI=1S/C20H24N2O4S/c1-25-16-7-8-17(26-2)15(11-16)12-21-19(23)14-5-3-9-22(13-14)20(24)18-6-4-10-27-18/h4,6-8,10-11,14H,3,5,9,12-13H2,1-2H3,(H,21,23)/t14-/m1/s1. The van der Waals surface area contributed by atoms with Crippen molar-refractivity contribution in [2.24, 2.45) is 5.92 Å². The molecule has 1 aliphatic heterocycles. The maximum absolute atomic E-state index is 12.7. The molecule has 0 radical (unpaired) electrons. The van der Waals surface area contributed by atoms with E-state index in [1.807, 2.05) is 35.7 Å². The number of benzene rings is 1. The second-order valence-electron chi connectivity index (χ2n) is 6.46. The first kappa shape index (κ1) is 19.2. The first-order valence-corrected chi connectivity index (χ1v) is 9.81. The molecule has 1 aromatic heterocycles. The molecule has 0 bridgehead atoms. The smallest absolute Gasteiger partial charge is 0.263 e. The van der Waals surface area contributed by atoms with Crippen LogP contribution in [0.5, 0.6) is 11.5 Å². The third-order valence-corrected chi connectivity index (χ3v) is 5.61. The third-order valence-electron chi connectivity index (χ3n) is 4.75. The van der Waals surface area contributed by atoms with Crippen molar-refractivity contribution in [2.45, 2.75) is 19.4 Å². The van der Waals surface area contributed by atoms with E-state index in [1.54, 1.807) is 19.1 Å². The lowest BCUT2D eigenvalue weighted by molar-refractivity contribution is -0.126. The molecule has 27 heavy (non-hydrogen) atoms. The number of hydrogen-bond donors (Lipinski definition) is 1. The number of nitrogens with zero attached hydrogens (tertiary/aromatic N) is 1. The normalized spacial score (nSPS) is 16.7. The molecule has 3 rings (SSSR count). The fourth-order valence-electron chi connectivity index (χ4n) is 3.28. The van der Waals surface area contributed by atoms with Gasteiger partial charge in [-0.15, -0.1) is 11.3 Å². The van der Waals surface area contributed by atoms with Gasteiger partial charge in [-0.05, 0) is 42.5 Å². The van der Waals surface area contributed by atoms with E-state index in [0.717, 1.165) is 23.3 Å². The maximum atomic E-state index is 12.7. The second kappa shape index (κ2) is 8.90. The van der Waals surface area contributed by atoms with Crippen molar-refractivity contribution in [3.05, 3.63) is 46.2 Å². The van der Waals surface area contributed by atoms with Crippen molar-refractivity contribution in [3.63, 3.8) is 0 Å². The van der Waals surface area contributed by atoms with Crippen LogP contribution in [0.3, 0.4) is 0 Å². The van der Waals surface area contributed by atoms with Crippen molar-refractivity contribution in [1.82, 2.24) is 10.2 Å². The van der Waals surface area contributed by atoms with Crippen molar-refractivity contribution in [2.75, 3.05) is 27.3 Å². The van der Waals surface area contributed by atoms with Crippen LogP contribution in [0.15, 0.2) is 35.7 Å². The zero-order valence-corrected chi connectivity index (χ0v) is 16.4. The Balaban J connectivity index is 1.60. The molecule has 1 N–H and O–H groups in total. The van der Waals surface area contributed by atoms with Crippen LogP contribution in [-0.4, -0.2) is 44.0 Å². The van der Waals surface area contributed by atoms with Crippen LogP contribution in [0.25, 0.3) is 0 Å². The molecular formula is C20H24N2O4S. The molecule has 1 fully saturated rings. The molecule has 0 unspecified atom stereocenters. The van der Waals surface area contributed by atoms with Crippen LogP contribution in [0.2, 0.25) is 0 Å². The van der Waals surface area contributed by atoms with Crippen LogP contribution >= 0.6 is 11.3 Å². The van der Waals surface area contributed by atoms with Gasteiger partial charge in [0.25, 0.3) is 5.91 Å². The van der Waals surface area contributed by atoms with E-state index in [4.69, 9.17) is 9.47 Å². The summed E-state index contributed by atoms with van der Waals surface area (Å²) in [5.41, 5.74) is 0.854. The minimum atomic E-state index is -0.195. The lowest BCUT2D eigenvalue weighted by Crippen LogP contribution is -2.45. The molecule has 1 aliphatic rings. The minimum absolute atomic E-state index is 0.0111. The van der Waals surface area contributed by atoms with E-state index in [0.29, 0.717) is 31.1 Å². The molecule has 1 aromatic carbocycles. The predicted octanol–water partition coefficient (Wildman–Crippen LogP) is 2.93. The van der Waals surface area contributed by atoms with Crippen LogP contribution < -0.4 is 14.8 Å². The molecule has 2 heterocycles. The summed E-state index contributed by atoms with van der Waals surface area (Å²) in [6, 6.07) is 9.19. The van der Waals surface area contributed by atoms with Gasteiger partial charge in [-0.2, -0.15) is 0 Å². The summed E-state index contributed by atoms with van der Waals surface area (Å²) in [6.45, 7) is 1.51. The Bertz CT molecular complexity index is 791. The number of thiophene rings is 1. The monoisotopic (exact) mass is 388 g/mol. The average molecular weight is 388 g/mol. The van der Waals surface area contributed by atoms with Crippen molar-refractivity contribution >= 4 is 23.2 Å². The largest absolute Gasteiger partial charge is 0.497 e. The highest BCUT2D eigenvalue weighted by Gasteiger charge is 2.29. The van der Waals surface area contributed by atoms with Crippen LogP contribution in [0, 0.1) is 5.92 Å². The van der Waals surface area contributed by atoms with Crippen LogP contribution in [-0.2, 0) is 11.3 Å². The Hall–Kier alpha value is -2.54. The van der Waals surface area contributed by atoms with Crippen molar-refractivity contribution in [1.29, 1.82) is 0 Å². The van der Waals surface area contributed by atoms with Crippen molar-refractivity contribution < 1.29 is 19.1 Å². The SMILES string of the molecule is COc1ccc(OC)c(CNC(=O)[C@@H]2CCCN(C(=O)c3cccs3)C2)c1. The lowest BCUT2D eigenvalue weighted by Gasteiger charge is -2.31. The molecule has 144 valence electrons. The molecule has 1 atom stereocenters. The Morgan fingerprint density at radius 2 is 2.11 bits per heavy atom. The van der Waals surface area contributed by atoms with E-state index >= 15 is 0 Å². The minimum Gasteiger partial charge on any atom is -0.497 e. The summed E-state index contributed by atoms with van der Waals surface area (Å²) in [4.78, 5) is 27.7. The molecule has 6 nitrogen and oxygen atoms in total. The average Bonchev–Trinajstić information content (AvgIpc) is 3.26. The number of carbonyl (C=O) groups excluding carboxylic acids is 2. The van der Waals surface area contributed by atoms with Gasteiger partial charge in [0, 0.05) is 25.2 Å². The van der Waals surface area contributed by atoms with Gasteiger partial charge in [-0.1, -0.05) is 6.07 Å². The number of nitrogens with one attached hydrogen (secondary N) is 1. The second-order valence-corrected chi connectivity index (χ2v) is 7.41. The van der Waals surface area contributed by atoms with E-state index in [-0.39, 0.29) is 17.7 Å². The summed E-state index contributed by atoms with van der Waals surface area (Å²) in [5.74, 6) is 1.19. The first-order chi connectivity index (χ1) is 13.1. The number of rotatable bonds is 6. The maximum Gasteiger partial charge on any atom is 0.263 e. The quantitative estimate of drug-likeness (QED) is 0.826. The van der Waals surface area contributed by atoms with Crippen molar-refractivity contribution in [3.8, 4) is 11.5 Å². The van der Waals surface area contributed by atoms with E-state index in [1.165, 1.54) is 11.3 Å². The Morgan fingerprint density at radius 1 is 1.26 bits per heavy atom. The molecular weight excluding hydrogens is 364 g/mol. The fraction of sp³-hybridized carbons (Fsp3) is 0.400. The zero-order chi connectivity index (χ0) is 19.2. The first-order valence-electron chi connectivity index (χ1n) is 8.93. The lowest BCUT2D eigenvalue weighted by atomic mass is 9.97.